The lowest BCUT2D eigenvalue weighted by Gasteiger charge is -2.05. The molecule has 0 bridgehead atoms. The third-order valence-corrected chi connectivity index (χ3v) is 4.66. The fourth-order valence-electron chi connectivity index (χ4n) is 3.45. The minimum atomic E-state index is 0.862. The predicted octanol–water partition coefficient (Wildman–Crippen LogP) is 6.40. The Hall–Kier alpha value is -2.87. The van der Waals surface area contributed by atoms with Gasteiger partial charge in [-0.2, -0.15) is 0 Å². The molecule has 0 radical (unpaired) electrons. The molecule has 4 aromatic rings. The van der Waals surface area contributed by atoms with E-state index in [1.807, 2.05) is 12.3 Å². The summed E-state index contributed by atoms with van der Waals surface area (Å²) in [7, 11) is 0. The molecular weight excluding hydrogens is 306 g/mol. The Morgan fingerprint density at radius 1 is 0.720 bits per heavy atom. The molecule has 124 valence electrons. The summed E-state index contributed by atoms with van der Waals surface area (Å²) in [6.45, 7) is 8.44. The van der Waals surface area contributed by atoms with Gasteiger partial charge >= 0.3 is 0 Å². The van der Waals surface area contributed by atoms with Crippen LogP contribution < -0.4 is 0 Å². The zero-order valence-electron chi connectivity index (χ0n) is 15.1. The molecule has 0 saturated carbocycles. The van der Waals surface area contributed by atoms with E-state index in [1.165, 1.54) is 16.7 Å². The highest BCUT2D eigenvalue weighted by Gasteiger charge is 2.17. The van der Waals surface area contributed by atoms with E-state index in [1.54, 1.807) is 0 Å². The van der Waals surface area contributed by atoms with Crippen molar-refractivity contribution in [2.75, 3.05) is 0 Å². The van der Waals surface area contributed by atoms with Crippen LogP contribution in [0, 0.1) is 27.7 Å². The molecular formula is C23H21NO. The number of aryl methyl sites for hydroxylation is 4. The Labute approximate surface area is 148 Å². The van der Waals surface area contributed by atoms with Crippen LogP contribution in [0.2, 0.25) is 0 Å². The second-order valence-electron chi connectivity index (χ2n) is 6.83. The molecule has 0 amide bonds. The normalized spacial score (nSPS) is 11.2. The largest absolute Gasteiger partial charge is 0.453 e. The molecule has 0 aliphatic carbocycles. The van der Waals surface area contributed by atoms with Gasteiger partial charge in [0.2, 0.25) is 0 Å². The number of fused-ring (bicyclic) bond motifs is 1. The smallest absolute Gasteiger partial charge is 0.161 e. The van der Waals surface area contributed by atoms with Crippen molar-refractivity contribution >= 4 is 11.0 Å². The van der Waals surface area contributed by atoms with Gasteiger partial charge in [-0.15, -0.1) is 0 Å². The molecule has 2 nitrogen and oxygen atoms in total. The van der Waals surface area contributed by atoms with Crippen LogP contribution in [0.15, 0.2) is 59.1 Å². The molecule has 2 heterocycles. The summed E-state index contributed by atoms with van der Waals surface area (Å²) in [5, 5.41) is 1.12. The van der Waals surface area contributed by atoms with E-state index in [0.717, 1.165) is 39.1 Å². The molecule has 0 aliphatic heterocycles. The lowest BCUT2D eigenvalue weighted by atomic mass is 10.0. The van der Waals surface area contributed by atoms with Crippen LogP contribution in [0.25, 0.3) is 33.6 Å². The van der Waals surface area contributed by atoms with E-state index < -0.39 is 0 Å². The number of pyridine rings is 1. The van der Waals surface area contributed by atoms with Gasteiger partial charge < -0.3 is 4.42 Å². The predicted molar refractivity (Wildman–Crippen MR) is 104 cm³/mol. The zero-order chi connectivity index (χ0) is 17.6. The number of furan rings is 1. The first kappa shape index (κ1) is 15.6. The fourth-order valence-corrected chi connectivity index (χ4v) is 3.45. The number of benzene rings is 2. The van der Waals surface area contributed by atoms with E-state index in [-0.39, 0.29) is 0 Å². The monoisotopic (exact) mass is 327 g/mol. The van der Waals surface area contributed by atoms with Gasteiger partial charge in [-0.3, -0.25) is 4.98 Å². The average molecular weight is 327 g/mol. The van der Waals surface area contributed by atoms with E-state index in [2.05, 4.69) is 75.1 Å². The summed E-state index contributed by atoms with van der Waals surface area (Å²) in [5.41, 5.74) is 8.85. The molecule has 0 atom stereocenters. The minimum Gasteiger partial charge on any atom is -0.453 e. The van der Waals surface area contributed by atoms with Crippen LogP contribution in [-0.4, -0.2) is 4.98 Å². The summed E-state index contributed by atoms with van der Waals surface area (Å²) >= 11 is 0. The van der Waals surface area contributed by atoms with Gasteiger partial charge in [0.15, 0.2) is 5.58 Å². The summed E-state index contributed by atoms with van der Waals surface area (Å²) in [4.78, 5) is 4.63. The summed E-state index contributed by atoms with van der Waals surface area (Å²) in [6, 6.07) is 17.0. The molecule has 0 unspecified atom stereocenters. The van der Waals surface area contributed by atoms with Gasteiger partial charge in [0, 0.05) is 28.3 Å². The van der Waals surface area contributed by atoms with E-state index >= 15 is 0 Å². The van der Waals surface area contributed by atoms with E-state index in [9.17, 15) is 0 Å². The second kappa shape index (κ2) is 5.89. The van der Waals surface area contributed by atoms with Crippen molar-refractivity contribution in [3.05, 3.63) is 77.0 Å². The van der Waals surface area contributed by atoms with Crippen molar-refractivity contribution in [2.45, 2.75) is 27.7 Å². The number of hydrogen-bond donors (Lipinski definition) is 0. The minimum absolute atomic E-state index is 0.862. The Kier molecular flexibility index (Phi) is 3.69. The van der Waals surface area contributed by atoms with Crippen LogP contribution in [0.5, 0.6) is 0 Å². The van der Waals surface area contributed by atoms with Gasteiger partial charge in [-0.05, 0) is 45.9 Å². The fraction of sp³-hybridized carbons (Fsp3) is 0.174. The standard InChI is InChI=1S/C23H21NO/c1-14-5-7-18(8-6-14)22-17(4)20-9-10-24-21(23(20)25-22)19-12-15(2)11-16(3)13-19/h5-13H,1-4H3. The van der Waals surface area contributed by atoms with Crippen LogP contribution in [0.3, 0.4) is 0 Å². The Morgan fingerprint density at radius 2 is 1.40 bits per heavy atom. The Balaban J connectivity index is 1.96. The maximum absolute atomic E-state index is 6.33. The third-order valence-electron chi connectivity index (χ3n) is 4.66. The highest BCUT2D eigenvalue weighted by atomic mass is 16.3. The Bertz CT molecular complexity index is 1050. The lowest BCUT2D eigenvalue weighted by Crippen LogP contribution is -1.87. The first-order chi connectivity index (χ1) is 12.0. The molecule has 2 aromatic carbocycles. The topological polar surface area (TPSA) is 26.0 Å². The highest BCUT2D eigenvalue weighted by Crippen LogP contribution is 2.37. The van der Waals surface area contributed by atoms with E-state index in [0.29, 0.717) is 0 Å². The molecule has 2 heteroatoms. The molecule has 0 N–H and O–H groups in total. The number of rotatable bonds is 2. The summed E-state index contributed by atoms with van der Waals surface area (Å²) in [6.07, 6.45) is 1.87. The van der Waals surface area contributed by atoms with Crippen molar-refractivity contribution in [3.8, 4) is 22.6 Å². The van der Waals surface area contributed by atoms with Crippen LogP contribution in [-0.2, 0) is 0 Å². The van der Waals surface area contributed by atoms with Crippen molar-refractivity contribution in [1.82, 2.24) is 4.98 Å². The quantitative estimate of drug-likeness (QED) is 0.426. The van der Waals surface area contributed by atoms with Crippen LogP contribution in [0.1, 0.15) is 22.3 Å². The molecule has 2 aromatic heterocycles. The van der Waals surface area contributed by atoms with Crippen molar-refractivity contribution in [1.29, 1.82) is 0 Å². The van der Waals surface area contributed by atoms with Crippen molar-refractivity contribution in [2.24, 2.45) is 0 Å². The number of hydrogen-bond acceptors (Lipinski definition) is 2. The maximum Gasteiger partial charge on any atom is 0.161 e. The van der Waals surface area contributed by atoms with Gasteiger partial charge in [0.1, 0.15) is 11.5 Å². The number of nitrogens with zero attached hydrogens (tertiary/aromatic N) is 1. The first-order valence-corrected chi connectivity index (χ1v) is 8.57. The van der Waals surface area contributed by atoms with Crippen molar-refractivity contribution < 1.29 is 4.42 Å². The number of aromatic nitrogens is 1. The van der Waals surface area contributed by atoms with Crippen molar-refractivity contribution in [3.63, 3.8) is 0 Å². The van der Waals surface area contributed by atoms with Gasteiger partial charge in [-0.1, -0.05) is 47.0 Å². The molecule has 0 spiro atoms. The third kappa shape index (κ3) is 2.74. The SMILES string of the molecule is Cc1ccc(-c2oc3c(-c4cc(C)cc(C)c4)nccc3c2C)cc1. The highest BCUT2D eigenvalue weighted by molar-refractivity contribution is 5.95. The molecule has 0 saturated heterocycles. The van der Waals surface area contributed by atoms with E-state index in [4.69, 9.17) is 4.42 Å². The maximum atomic E-state index is 6.33. The van der Waals surface area contributed by atoms with Gasteiger partial charge in [-0.25, -0.2) is 0 Å². The Morgan fingerprint density at radius 3 is 2.08 bits per heavy atom. The molecule has 25 heavy (non-hydrogen) atoms. The summed E-state index contributed by atoms with van der Waals surface area (Å²) < 4.78 is 6.33. The second-order valence-corrected chi connectivity index (χ2v) is 6.83. The summed E-state index contributed by atoms with van der Waals surface area (Å²) in [5.74, 6) is 0.925. The van der Waals surface area contributed by atoms with Crippen LogP contribution >= 0.6 is 0 Å². The van der Waals surface area contributed by atoms with Gasteiger partial charge in [0.25, 0.3) is 0 Å². The average Bonchev–Trinajstić information content (AvgIpc) is 2.92. The lowest BCUT2D eigenvalue weighted by molar-refractivity contribution is 0.628. The molecule has 4 rings (SSSR count). The van der Waals surface area contributed by atoms with Gasteiger partial charge in [0.05, 0.1) is 0 Å². The first-order valence-electron chi connectivity index (χ1n) is 8.57. The zero-order valence-corrected chi connectivity index (χ0v) is 15.1. The molecule has 0 fully saturated rings. The molecule has 0 aliphatic rings. The van der Waals surface area contributed by atoms with Crippen LogP contribution in [0.4, 0.5) is 0 Å².